The van der Waals surface area contributed by atoms with Gasteiger partial charge in [0.1, 0.15) is 12.6 Å². The van der Waals surface area contributed by atoms with Gasteiger partial charge in [-0.2, -0.15) is 0 Å². The van der Waals surface area contributed by atoms with Gasteiger partial charge in [0, 0.05) is 5.92 Å². The minimum absolute atomic E-state index is 0.0608. The highest BCUT2D eigenvalue weighted by atomic mass is 16.5. The fourth-order valence-corrected chi connectivity index (χ4v) is 5.17. The number of amides is 2. The minimum atomic E-state index is -0.935. The third-order valence-corrected chi connectivity index (χ3v) is 6.80. The van der Waals surface area contributed by atoms with Gasteiger partial charge in [-0.1, -0.05) is 68.3 Å². The molecular formula is C26H30N2O5. The van der Waals surface area contributed by atoms with Crippen molar-refractivity contribution in [1.82, 2.24) is 10.6 Å². The van der Waals surface area contributed by atoms with Crippen molar-refractivity contribution in [3.05, 3.63) is 59.7 Å². The van der Waals surface area contributed by atoms with Gasteiger partial charge >= 0.3 is 12.1 Å². The number of benzene rings is 2. The van der Waals surface area contributed by atoms with Crippen LogP contribution in [0.15, 0.2) is 48.5 Å². The molecule has 0 radical (unpaired) electrons. The van der Waals surface area contributed by atoms with Gasteiger partial charge in [-0.25, -0.2) is 4.79 Å². The molecule has 33 heavy (non-hydrogen) atoms. The first-order chi connectivity index (χ1) is 15.9. The van der Waals surface area contributed by atoms with Crippen LogP contribution in [-0.2, 0) is 14.3 Å². The SMILES string of the molecule is CC[C@@H](NC(=O)OCC1c2ccccc2-c2ccccc21)C(=O)NC1(CC(=O)O)CCCC1. The van der Waals surface area contributed by atoms with E-state index in [1.807, 2.05) is 36.4 Å². The largest absolute Gasteiger partial charge is 0.481 e. The van der Waals surface area contributed by atoms with Crippen LogP contribution < -0.4 is 10.6 Å². The maximum Gasteiger partial charge on any atom is 0.407 e. The molecule has 7 heteroatoms. The summed E-state index contributed by atoms with van der Waals surface area (Å²) in [6.45, 7) is 1.97. The highest BCUT2D eigenvalue weighted by Gasteiger charge is 2.39. The summed E-state index contributed by atoms with van der Waals surface area (Å²) in [5, 5.41) is 14.8. The Kier molecular flexibility index (Phi) is 6.67. The van der Waals surface area contributed by atoms with Crippen molar-refractivity contribution in [2.45, 2.75) is 62.9 Å². The van der Waals surface area contributed by atoms with Gasteiger partial charge in [-0.15, -0.1) is 0 Å². The van der Waals surface area contributed by atoms with E-state index < -0.39 is 23.6 Å². The smallest absolute Gasteiger partial charge is 0.407 e. The standard InChI is InChI=1S/C26H30N2O5/c1-2-22(24(31)28-26(15-23(29)30)13-7-8-14-26)27-25(32)33-16-21-19-11-5-3-9-17(19)18-10-4-6-12-20(18)21/h3-6,9-12,21-22H,2,7-8,13-16H2,1H3,(H,27,32)(H,28,31)(H,29,30)/t22-/m1/s1. The second kappa shape index (κ2) is 9.65. The van der Waals surface area contributed by atoms with Gasteiger partial charge in [-0.05, 0) is 41.5 Å². The van der Waals surface area contributed by atoms with Gasteiger partial charge in [0.2, 0.25) is 5.91 Å². The number of fused-ring (bicyclic) bond motifs is 3. The van der Waals surface area contributed by atoms with Gasteiger partial charge < -0.3 is 20.5 Å². The number of hydrogen-bond donors (Lipinski definition) is 3. The number of carbonyl (C=O) groups is 3. The van der Waals surface area contributed by atoms with Crippen LogP contribution in [0.5, 0.6) is 0 Å². The molecule has 7 nitrogen and oxygen atoms in total. The predicted molar refractivity (Wildman–Crippen MR) is 124 cm³/mol. The average molecular weight is 451 g/mol. The van der Waals surface area contributed by atoms with Crippen molar-refractivity contribution in [2.24, 2.45) is 0 Å². The summed E-state index contributed by atoms with van der Waals surface area (Å²) in [5.41, 5.74) is 3.79. The molecule has 4 rings (SSSR count). The van der Waals surface area contributed by atoms with Crippen molar-refractivity contribution in [2.75, 3.05) is 6.61 Å². The second-order valence-electron chi connectivity index (χ2n) is 8.98. The molecule has 2 aromatic carbocycles. The summed E-state index contributed by atoms with van der Waals surface area (Å²) in [7, 11) is 0. The lowest BCUT2D eigenvalue weighted by molar-refractivity contribution is -0.139. The summed E-state index contributed by atoms with van der Waals surface area (Å²) in [6, 6.07) is 15.4. The summed E-state index contributed by atoms with van der Waals surface area (Å²) in [4.78, 5) is 36.8. The molecular weight excluding hydrogens is 420 g/mol. The molecule has 1 saturated carbocycles. The quantitative estimate of drug-likeness (QED) is 0.559. The Bertz CT molecular complexity index is 999. The van der Waals surface area contributed by atoms with E-state index in [9.17, 15) is 19.5 Å². The lowest BCUT2D eigenvalue weighted by Crippen LogP contribution is -2.55. The molecule has 2 aromatic rings. The predicted octanol–water partition coefficient (Wildman–Crippen LogP) is 4.21. The molecule has 0 bridgehead atoms. The van der Waals surface area contributed by atoms with E-state index in [0.29, 0.717) is 19.3 Å². The van der Waals surface area contributed by atoms with Crippen molar-refractivity contribution in [3.63, 3.8) is 0 Å². The maximum absolute atomic E-state index is 12.9. The van der Waals surface area contributed by atoms with Crippen LogP contribution in [0.1, 0.15) is 62.5 Å². The first-order valence-corrected chi connectivity index (χ1v) is 11.6. The van der Waals surface area contributed by atoms with Crippen LogP contribution in [0.3, 0.4) is 0 Å². The van der Waals surface area contributed by atoms with Gasteiger partial charge in [-0.3, -0.25) is 9.59 Å². The Balaban J connectivity index is 1.38. The molecule has 0 saturated heterocycles. The average Bonchev–Trinajstić information content (AvgIpc) is 3.38. The number of carboxylic acid groups (broad SMARTS) is 1. The summed E-state index contributed by atoms with van der Waals surface area (Å²) >= 11 is 0. The second-order valence-corrected chi connectivity index (χ2v) is 8.98. The van der Waals surface area contributed by atoms with Gasteiger partial charge in [0.15, 0.2) is 0 Å². The topological polar surface area (TPSA) is 105 Å². The highest BCUT2D eigenvalue weighted by molar-refractivity contribution is 5.87. The van der Waals surface area contributed by atoms with Gasteiger partial charge in [0.05, 0.1) is 12.0 Å². The van der Waals surface area contributed by atoms with Crippen LogP contribution in [-0.4, -0.2) is 41.3 Å². The molecule has 2 amide bonds. The molecule has 0 heterocycles. The Morgan fingerprint density at radius 2 is 1.61 bits per heavy atom. The Morgan fingerprint density at radius 1 is 1.03 bits per heavy atom. The summed E-state index contributed by atoms with van der Waals surface area (Å²) < 4.78 is 5.56. The highest BCUT2D eigenvalue weighted by Crippen LogP contribution is 2.44. The third-order valence-electron chi connectivity index (χ3n) is 6.80. The maximum atomic E-state index is 12.9. The van der Waals surface area contributed by atoms with Crippen molar-refractivity contribution in [3.8, 4) is 11.1 Å². The van der Waals surface area contributed by atoms with Crippen molar-refractivity contribution < 1.29 is 24.2 Å². The number of carbonyl (C=O) groups excluding carboxylic acids is 2. The van der Waals surface area contributed by atoms with Crippen LogP contribution in [0, 0.1) is 0 Å². The lowest BCUT2D eigenvalue weighted by Gasteiger charge is -2.30. The lowest BCUT2D eigenvalue weighted by atomic mass is 9.92. The fraction of sp³-hybridized carbons (Fsp3) is 0.423. The zero-order valence-corrected chi connectivity index (χ0v) is 18.8. The van der Waals surface area contributed by atoms with E-state index in [0.717, 1.165) is 35.1 Å². The zero-order valence-electron chi connectivity index (χ0n) is 18.8. The first-order valence-electron chi connectivity index (χ1n) is 11.6. The Morgan fingerprint density at radius 3 is 2.15 bits per heavy atom. The summed E-state index contributed by atoms with van der Waals surface area (Å²) in [6.07, 6.45) is 2.63. The van der Waals surface area contributed by atoms with Crippen molar-refractivity contribution in [1.29, 1.82) is 0 Å². The Labute approximate surface area is 193 Å². The van der Waals surface area contributed by atoms with Crippen LogP contribution in [0.2, 0.25) is 0 Å². The molecule has 1 fully saturated rings. The number of hydrogen-bond acceptors (Lipinski definition) is 4. The fourth-order valence-electron chi connectivity index (χ4n) is 5.17. The van der Waals surface area contributed by atoms with Crippen LogP contribution >= 0.6 is 0 Å². The van der Waals surface area contributed by atoms with Crippen LogP contribution in [0.4, 0.5) is 4.79 Å². The summed E-state index contributed by atoms with van der Waals surface area (Å²) in [5.74, 6) is -1.36. The molecule has 1 atom stereocenters. The first kappa shape index (κ1) is 22.8. The van der Waals surface area contributed by atoms with Gasteiger partial charge in [0.25, 0.3) is 0 Å². The third kappa shape index (κ3) is 4.87. The Hall–Kier alpha value is -3.35. The molecule has 2 aliphatic rings. The number of alkyl carbamates (subject to hydrolysis) is 1. The number of nitrogens with one attached hydrogen (secondary N) is 2. The molecule has 3 N–H and O–H groups in total. The zero-order chi connectivity index (χ0) is 23.4. The molecule has 0 aliphatic heterocycles. The van der Waals surface area contributed by atoms with Crippen molar-refractivity contribution >= 4 is 18.0 Å². The molecule has 2 aliphatic carbocycles. The minimum Gasteiger partial charge on any atom is -0.481 e. The van der Waals surface area contributed by atoms with E-state index in [1.165, 1.54) is 0 Å². The van der Waals surface area contributed by atoms with E-state index in [4.69, 9.17) is 4.74 Å². The van der Waals surface area contributed by atoms with E-state index >= 15 is 0 Å². The molecule has 0 unspecified atom stereocenters. The normalized spacial score (nSPS) is 17.0. The molecule has 0 spiro atoms. The van der Waals surface area contributed by atoms with E-state index in [-0.39, 0.29) is 24.9 Å². The number of aliphatic carboxylic acids is 1. The van der Waals surface area contributed by atoms with E-state index in [1.54, 1.807) is 6.92 Å². The van der Waals surface area contributed by atoms with Crippen LogP contribution in [0.25, 0.3) is 11.1 Å². The number of ether oxygens (including phenoxy) is 1. The van der Waals surface area contributed by atoms with E-state index in [2.05, 4.69) is 22.8 Å². The number of rotatable bonds is 8. The molecule has 174 valence electrons. The molecule has 0 aromatic heterocycles. The number of carboxylic acids is 1. The monoisotopic (exact) mass is 450 g/mol.